The van der Waals surface area contributed by atoms with E-state index in [4.69, 9.17) is 23.2 Å². The lowest BCUT2D eigenvalue weighted by atomic mass is 10.1. The molecule has 76 valence electrons. The number of aromatic nitrogens is 1. The number of pyridine rings is 1. The highest BCUT2D eigenvalue weighted by molar-refractivity contribution is 6.36. The first-order valence-corrected chi connectivity index (χ1v) is 5.31. The van der Waals surface area contributed by atoms with Gasteiger partial charge < -0.3 is 0 Å². The molecule has 0 saturated carbocycles. The fourth-order valence-electron chi connectivity index (χ4n) is 1.39. The van der Waals surface area contributed by atoms with Gasteiger partial charge in [0.05, 0.1) is 10.7 Å². The van der Waals surface area contributed by atoms with Crippen LogP contribution in [-0.4, -0.2) is 4.98 Å². The minimum Gasteiger partial charge on any atom is -0.253 e. The monoisotopic (exact) mass is 237 g/mol. The van der Waals surface area contributed by atoms with Gasteiger partial charge in [-0.2, -0.15) is 0 Å². The van der Waals surface area contributed by atoms with Crippen molar-refractivity contribution in [2.75, 3.05) is 0 Å². The van der Waals surface area contributed by atoms with E-state index in [1.807, 2.05) is 37.3 Å². The average molecular weight is 238 g/mol. The Morgan fingerprint density at radius 2 is 1.87 bits per heavy atom. The van der Waals surface area contributed by atoms with Crippen molar-refractivity contribution in [2.45, 2.75) is 6.92 Å². The van der Waals surface area contributed by atoms with E-state index >= 15 is 0 Å². The first-order valence-electron chi connectivity index (χ1n) is 4.56. The first kappa shape index (κ1) is 10.5. The van der Waals surface area contributed by atoms with E-state index in [0.717, 1.165) is 17.0 Å². The molecule has 0 aliphatic rings. The van der Waals surface area contributed by atoms with E-state index in [0.29, 0.717) is 10.0 Å². The van der Waals surface area contributed by atoms with Crippen LogP contribution in [0.25, 0.3) is 11.3 Å². The number of hydrogen-bond donors (Lipinski definition) is 0. The number of halogens is 2. The van der Waals surface area contributed by atoms with E-state index in [1.54, 1.807) is 6.07 Å². The van der Waals surface area contributed by atoms with Gasteiger partial charge in [0, 0.05) is 16.3 Å². The van der Waals surface area contributed by atoms with Crippen LogP contribution in [0, 0.1) is 6.92 Å². The molecule has 0 fully saturated rings. The summed E-state index contributed by atoms with van der Waals surface area (Å²) in [7, 11) is 0. The van der Waals surface area contributed by atoms with Crippen molar-refractivity contribution in [3.05, 3.63) is 52.1 Å². The minimum absolute atomic E-state index is 0.626. The molecule has 0 N–H and O–H groups in total. The van der Waals surface area contributed by atoms with Gasteiger partial charge in [-0.25, -0.2) is 0 Å². The Morgan fingerprint density at radius 3 is 2.53 bits per heavy atom. The molecule has 2 aromatic rings. The van der Waals surface area contributed by atoms with Crippen LogP contribution in [0.5, 0.6) is 0 Å². The van der Waals surface area contributed by atoms with Crippen molar-refractivity contribution in [3.8, 4) is 11.3 Å². The molecule has 1 heterocycles. The topological polar surface area (TPSA) is 12.9 Å². The summed E-state index contributed by atoms with van der Waals surface area (Å²) in [4.78, 5) is 4.41. The van der Waals surface area contributed by atoms with Gasteiger partial charge in [0.1, 0.15) is 0 Å². The molecule has 0 aliphatic carbocycles. The Morgan fingerprint density at radius 1 is 1.07 bits per heavy atom. The molecule has 2 rings (SSSR count). The molecule has 0 atom stereocenters. The summed E-state index contributed by atoms with van der Waals surface area (Å²) in [5, 5.41) is 1.26. The largest absolute Gasteiger partial charge is 0.253 e. The van der Waals surface area contributed by atoms with Gasteiger partial charge in [-0.05, 0) is 37.3 Å². The Kier molecular flexibility index (Phi) is 2.94. The van der Waals surface area contributed by atoms with E-state index in [-0.39, 0.29) is 0 Å². The standard InChI is InChI=1S/C12H9Cl2N/c1-8-3-2-4-12(15-8)10-6-5-9(13)7-11(10)14/h2-7H,1H3. The van der Waals surface area contributed by atoms with Gasteiger partial charge in [0.25, 0.3) is 0 Å². The molecule has 1 aromatic heterocycles. The van der Waals surface area contributed by atoms with Crippen molar-refractivity contribution < 1.29 is 0 Å². The predicted molar refractivity (Wildman–Crippen MR) is 64.4 cm³/mol. The fourth-order valence-corrected chi connectivity index (χ4v) is 1.90. The Labute approximate surface area is 98.7 Å². The average Bonchev–Trinajstić information content (AvgIpc) is 2.17. The van der Waals surface area contributed by atoms with Crippen LogP contribution in [0.1, 0.15) is 5.69 Å². The SMILES string of the molecule is Cc1cccc(-c2ccc(Cl)cc2Cl)n1. The number of benzene rings is 1. The van der Waals surface area contributed by atoms with Crippen LogP contribution in [0.4, 0.5) is 0 Å². The molecule has 0 spiro atoms. The molecule has 1 nitrogen and oxygen atoms in total. The van der Waals surface area contributed by atoms with Gasteiger partial charge in [-0.15, -0.1) is 0 Å². The fraction of sp³-hybridized carbons (Fsp3) is 0.0833. The molecule has 0 unspecified atom stereocenters. The van der Waals surface area contributed by atoms with Crippen LogP contribution in [0.3, 0.4) is 0 Å². The van der Waals surface area contributed by atoms with E-state index in [2.05, 4.69) is 4.98 Å². The third-order valence-corrected chi connectivity index (χ3v) is 2.64. The molecule has 0 aliphatic heterocycles. The summed E-state index contributed by atoms with van der Waals surface area (Å²) in [6.45, 7) is 1.95. The molecule has 15 heavy (non-hydrogen) atoms. The lowest BCUT2D eigenvalue weighted by Crippen LogP contribution is -1.86. The molecule has 1 aromatic carbocycles. The van der Waals surface area contributed by atoms with Crippen molar-refractivity contribution in [3.63, 3.8) is 0 Å². The lowest BCUT2D eigenvalue weighted by Gasteiger charge is -2.04. The molecule has 0 bridgehead atoms. The summed E-state index contributed by atoms with van der Waals surface area (Å²) < 4.78 is 0. The van der Waals surface area contributed by atoms with E-state index < -0.39 is 0 Å². The summed E-state index contributed by atoms with van der Waals surface area (Å²) in [6, 6.07) is 11.3. The van der Waals surface area contributed by atoms with Crippen LogP contribution in [0.2, 0.25) is 10.0 Å². The van der Waals surface area contributed by atoms with Gasteiger partial charge >= 0.3 is 0 Å². The minimum atomic E-state index is 0.626. The van der Waals surface area contributed by atoms with Gasteiger partial charge in [-0.3, -0.25) is 4.98 Å². The Balaban J connectivity index is 2.54. The second-order valence-corrected chi connectivity index (χ2v) is 4.13. The Bertz CT molecular complexity index is 495. The number of rotatable bonds is 1. The van der Waals surface area contributed by atoms with Crippen LogP contribution in [-0.2, 0) is 0 Å². The highest BCUT2D eigenvalue weighted by Gasteiger charge is 2.05. The van der Waals surface area contributed by atoms with Crippen LogP contribution >= 0.6 is 23.2 Å². The number of nitrogens with zero attached hydrogens (tertiary/aromatic N) is 1. The summed E-state index contributed by atoms with van der Waals surface area (Å²) in [5.74, 6) is 0. The molecule has 3 heteroatoms. The normalized spacial score (nSPS) is 10.3. The highest BCUT2D eigenvalue weighted by Crippen LogP contribution is 2.28. The third-order valence-electron chi connectivity index (χ3n) is 2.10. The summed E-state index contributed by atoms with van der Waals surface area (Å²) in [6.07, 6.45) is 0. The van der Waals surface area contributed by atoms with E-state index in [1.165, 1.54) is 0 Å². The summed E-state index contributed by atoms with van der Waals surface area (Å²) in [5.41, 5.74) is 2.75. The second-order valence-electron chi connectivity index (χ2n) is 3.29. The summed E-state index contributed by atoms with van der Waals surface area (Å²) >= 11 is 11.9. The maximum atomic E-state index is 6.09. The first-order chi connectivity index (χ1) is 7.16. The van der Waals surface area contributed by atoms with Crippen molar-refractivity contribution in [2.24, 2.45) is 0 Å². The zero-order valence-electron chi connectivity index (χ0n) is 8.17. The second kappa shape index (κ2) is 4.21. The zero-order chi connectivity index (χ0) is 10.8. The lowest BCUT2D eigenvalue weighted by molar-refractivity contribution is 1.21. The maximum Gasteiger partial charge on any atom is 0.0720 e. The smallest absolute Gasteiger partial charge is 0.0720 e. The van der Waals surface area contributed by atoms with Crippen LogP contribution in [0.15, 0.2) is 36.4 Å². The highest BCUT2D eigenvalue weighted by atomic mass is 35.5. The molecule has 0 amide bonds. The van der Waals surface area contributed by atoms with Crippen LogP contribution < -0.4 is 0 Å². The third kappa shape index (κ3) is 2.31. The molecular formula is C12H9Cl2N. The van der Waals surface area contributed by atoms with E-state index in [9.17, 15) is 0 Å². The van der Waals surface area contributed by atoms with Gasteiger partial charge in [0.2, 0.25) is 0 Å². The van der Waals surface area contributed by atoms with Gasteiger partial charge in [-0.1, -0.05) is 29.3 Å². The number of aryl methyl sites for hydroxylation is 1. The predicted octanol–water partition coefficient (Wildman–Crippen LogP) is 4.36. The number of hydrogen-bond acceptors (Lipinski definition) is 1. The molecular weight excluding hydrogens is 229 g/mol. The van der Waals surface area contributed by atoms with Gasteiger partial charge in [0.15, 0.2) is 0 Å². The zero-order valence-corrected chi connectivity index (χ0v) is 9.68. The van der Waals surface area contributed by atoms with Crippen molar-refractivity contribution in [1.29, 1.82) is 0 Å². The quantitative estimate of drug-likeness (QED) is 0.719. The van der Waals surface area contributed by atoms with Crippen molar-refractivity contribution >= 4 is 23.2 Å². The maximum absolute atomic E-state index is 6.09. The Hall–Kier alpha value is -1.05. The molecule has 0 radical (unpaired) electrons. The molecule has 0 saturated heterocycles. The van der Waals surface area contributed by atoms with Crippen molar-refractivity contribution in [1.82, 2.24) is 4.98 Å².